The van der Waals surface area contributed by atoms with Crippen LogP contribution < -0.4 is 0 Å². The molecule has 3 rings (SSSR count). The maximum Gasteiger partial charge on any atom is 0.261 e. The zero-order valence-corrected chi connectivity index (χ0v) is 13.3. The standard InChI is InChI=1S/C18H20N2O4/c21-15-6-1-7-16(22)17(15)18(23)20-9-3-5-14(11-20)24-12-13-4-2-8-19-10-13/h1-2,4,6-8,10,14,21-22H,3,5,9,11-12H2/t14-/m0/s1. The molecular weight excluding hydrogens is 308 g/mol. The summed E-state index contributed by atoms with van der Waals surface area (Å²) in [5.41, 5.74) is 0.935. The van der Waals surface area contributed by atoms with E-state index in [2.05, 4.69) is 4.98 Å². The van der Waals surface area contributed by atoms with Gasteiger partial charge in [-0.15, -0.1) is 0 Å². The predicted octanol–water partition coefficient (Wildman–Crippen LogP) is 2.31. The van der Waals surface area contributed by atoms with Gasteiger partial charge in [-0.3, -0.25) is 9.78 Å². The number of benzene rings is 1. The van der Waals surface area contributed by atoms with Crippen LogP contribution in [0, 0.1) is 0 Å². The quantitative estimate of drug-likeness (QED) is 0.900. The van der Waals surface area contributed by atoms with Crippen molar-refractivity contribution >= 4 is 5.91 Å². The molecule has 1 saturated heterocycles. The number of rotatable bonds is 4. The molecule has 1 aliphatic rings. The van der Waals surface area contributed by atoms with E-state index in [1.807, 2.05) is 12.1 Å². The largest absolute Gasteiger partial charge is 0.507 e. The van der Waals surface area contributed by atoms with Gasteiger partial charge in [0.1, 0.15) is 17.1 Å². The lowest BCUT2D eigenvalue weighted by atomic mass is 10.1. The molecule has 2 aromatic rings. The molecule has 6 heteroatoms. The van der Waals surface area contributed by atoms with E-state index in [0.717, 1.165) is 18.4 Å². The molecule has 0 radical (unpaired) electrons. The van der Waals surface area contributed by atoms with Crippen molar-refractivity contribution in [1.82, 2.24) is 9.88 Å². The minimum atomic E-state index is -0.375. The number of pyridine rings is 1. The van der Waals surface area contributed by atoms with Crippen LogP contribution in [0.25, 0.3) is 0 Å². The minimum absolute atomic E-state index is 0.0505. The van der Waals surface area contributed by atoms with Crippen LogP contribution >= 0.6 is 0 Å². The van der Waals surface area contributed by atoms with E-state index in [1.54, 1.807) is 17.3 Å². The van der Waals surface area contributed by atoms with E-state index in [0.29, 0.717) is 19.7 Å². The Bertz CT molecular complexity index is 685. The normalized spacial score (nSPS) is 17.7. The Morgan fingerprint density at radius 3 is 2.75 bits per heavy atom. The van der Waals surface area contributed by atoms with Crippen molar-refractivity contribution in [2.24, 2.45) is 0 Å². The Morgan fingerprint density at radius 2 is 2.04 bits per heavy atom. The summed E-state index contributed by atoms with van der Waals surface area (Å²) in [5, 5.41) is 19.7. The van der Waals surface area contributed by atoms with E-state index >= 15 is 0 Å². The fourth-order valence-corrected chi connectivity index (χ4v) is 2.86. The van der Waals surface area contributed by atoms with Crippen LogP contribution in [-0.4, -0.2) is 45.2 Å². The topological polar surface area (TPSA) is 82.9 Å². The maximum absolute atomic E-state index is 12.6. The third-order valence-corrected chi connectivity index (χ3v) is 4.11. The molecule has 2 heterocycles. The van der Waals surface area contributed by atoms with Gasteiger partial charge in [0.15, 0.2) is 0 Å². The number of piperidine rings is 1. The number of hydrogen-bond acceptors (Lipinski definition) is 5. The first-order chi connectivity index (χ1) is 11.6. The van der Waals surface area contributed by atoms with Gasteiger partial charge in [-0.25, -0.2) is 0 Å². The lowest BCUT2D eigenvalue weighted by molar-refractivity contribution is -0.00696. The molecular formula is C18H20N2O4. The molecule has 126 valence electrons. The molecule has 1 atom stereocenters. The molecule has 1 aromatic heterocycles. The second-order valence-corrected chi connectivity index (χ2v) is 5.86. The Balaban J connectivity index is 1.64. The Morgan fingerprint density at radius 1 is 1.25 bits per heavy atom. The first-order valence-corrected chi connectivity index (χ1v) is 7.96. The lowest BCUT2D eigenvalue weighted by Crippen LogP contribution is -2.43. The van der Waals surface area contributed by atoms with Crippen molar-refractivity contribution in [2.75, 3.05) is 13.1 Å². The minimum Gasteiger partial charge on any atom is -0.507 e. The number of phenols is 2. The van der Waals surface area contributed by atoms with Crippen LogP contribution in [0.5, 0.6) is 11.5 Å². The number of nitrogens with zero attached hydrogens (tertiary/aromatic N) is 2. The third kappa shape index (κ3) is 3.65. The maximum atomic E-state index is 12.6. The second-order valence-electron chi connectivity index (χ2n) is 5.86. The molecule has 2 N–H and O–H groups in total. The fourth-order valence-electron chi connectivity index (χ4n) is 2.86. The van der Waals surface area contributed by atoms with Crippen LogP contribution in [-0.2, 0) is 11.3 Å². The smallest absolute Gasteiger partial charge is 0.261 e. The number of hydrogen-bond donors (Lipinski definition) is 2. The number of carbonyl (C=O) groups excluding carboxylic acids is 1. The van der Waals surface area contributed by atoms with E-state index in [1.165, 1.54) is 18.2 Å². The molecule has 0 unspecified atom stereocenters. The Kier molecular flexibility index (Phi) is 4.96. The average Bonchev–Trinajstić information content (AvgIpc) is 2.61. The van der Waals surface area contributed by atoms with E-state index in [9.17, 15) is 15.0 Å². The molecule has 0 bridgehead atoms. The predicted molar refractivity (Wildman–Crippen MR) is 87.7 cm³/mol. The lowest BCUT2D eigenvalue weighted by Gasteiger charge is -2.33. The third-order valence-electron chi connectivity index (χ3n) is 4.11. The zero-order chi connectivity index (χ0) is 16.9. The molecule has 24 heavy (non-hydrogen) atoms. The summed E-state index contributed by atoms with van der Waals surface area (Å²) in [6.45, 7) is 1.47. The van der Waals surface area contributed by atoms with Crippen molar-refractivity contribution in [2.45, 2.75) is 25.6 Å². The molecule has 1 fully saturated rings. The van der Waals surface area contributed by atoms with Crippen LogP contribution in [0.4, 0.5) is 0 Å². The summed E-state index contributed by atoms with van der Waals surface area (Å²) < 4.78 is 5.89. The van der Waals surface area contributed by atoms with Crippen molar-refractivity contribution in [3.63, 3.8) is 0 Å². The highest BCUT2D eigenvalue weighted by Crippen LogP contribution is 2.29. The van der Waals surface area contributed by atoms with Gasteiger partial charge in [-0.2, -0.15) is 0 Å². The molecule has 1 aromatic carbocycles. The SMILES string of the molecule is O=C(c1c(O)cccc1O)N1CCC[C@H](OCc2cccnc2)C1. The van der Waals surface area contributed by atoms with E-state index in [-0.39, 0.29) is 29.1 Å². The van der Waals surface area contributed by atoms with Gasteiger partial charge >= 0.3 is 0 Å². The van der Waals surface area contributed by atoms with Crippen molar-refractivity contribution in [3.05, 3.63) is 53.9 Å². The highest BCUT2D eigenvalue weighted by molar-refractivity contribution is 5.99. The van der Waals surface area contributed by atoms with Gasteiger partial charge < -0.3 is 19.8 Å². The van der Waals surface area contributed by atoms with Gasteiger partial charge in [0, 0.05) is 25.5 Å². The highest BCUT2D eigenvalue weighted by atomic mass is 16.5. The molecule has 0 spiro atoms. The fraction of sp³-hybridized carbons (Fsp3) is 0.333. The van der Waals surface area contributed by atoms with Gasteiger partial charge in [-0.1, -0.05) is 12.1 Å². The summed E-state index contributed by atoms with van der Waals surface area (Å²) in [6, 6.07) is 8.09. The summed E-state index contributed by atoms with van der Waals surface area (Å²) in [7, 11) is 0. The number of phenolic OH excluding ortho intramolecular Hbond substituents is 2. The first kappa shape index (κ1) is 16.3. The number of likely N-dealkylation sites (tertiary alicyclic amines) is 1. The zero-order valence-electron chi connectivity index (χ0n) is 13.3. The van der Waals surface area contributed by atoms with Gasteiger partial charge in [0.2, 0.25) is 0 Å². The average molecular weight is 328 g/mol. The number of amides is 1. The van der Waals surface area contributed by atoms with Crippen molar-refractivity contribution < 1.29 is 19.7 Å². The second kappa shape index (κ2) is 7.31. The number of aromatic hydroxyl groups is 2. The summed E-state index contributed by atoms with van der Waals surface area (Å²) in [5.74, 6) is -0.794. The highest BCUT2D eigenvalue weighted by Gasteiger charge is 2.28. The van der Waals surface area contributed by atoms with Gasteiger partial charge in [-0.05, 0) is 36.6 Å². The Hall–Kier alpha value is -2.60. The Labute approximate surface area is 140 Å². The molecule has 0 saturated carbocycles. The van der Waals surface area contributed by atoms with Gasteiger partial charge in [0.05, 0.1) is 12.7 Å². The number of carbonyl (C=O) groups is 1. The molecule has 6 nitrogen and oxygen atoms in total. The molecule has 1 amide bonds. The number of aromatic nitrogens is 1. The van der Waals surface area contributed by atoms with Crippen LogP contribution in [0.3, 0.4) is 0 Å². The monoisotopic (exact) mass is 328 g/mol. The number of ether oxygens (including phenoxy) is 1. The molecule has 1 aliphatic heterocycles. The van der Waals surface area contributed by atoms with E-state index < -0.39 is 0 Å². The molecule has 0 aliphatic carbocycles. The summed E-state index contributed by atoms with van der Waals surface area (Å²) in [6.07, 6.45) is 5.08. The van der Waals surface area contributed by atoms with Crippen LogP contribution in [0.1, 0.15) is 28.8 Å². The van der Waals surface area contributed by atoms with Crippen LogP contribution in [0.2, 0.25) is 0 Å². The summed E-state index contributed by atoms with van der Waals surface area (Å²) >= 11 is 0. The van der Waals surface area contributed by atoms with Gasteiger partial charge in [0.25, 0.3) is 5.91 Å². The summed E-state index contributed by atoms with van der Waals surface area (Å²) in [4.78, 5) is 18.3. The van der Waals surface area contributed by atoms with Crippen LogP contribution in [0.15, 0.2) is 42.7 Å². The van der Waals surface area contributed by atoms with E-state index in [4.69, 9.17) is 4.74 Å². The van der Waals surface area contributed by atoms with Crippen molar-refractivity contribution in [1.29, 1.82) is 0 Å². The first-order valence-electron chi connectivity index (χ1n) is 7.96. The van der Waals surface area contributed by atoms with Crippen molar-refractivity contribution in [3.8, 4) is 11.5 Å².